The molecule has 1 aliphatic heterocycles. The van der Waals surface area contributed by atoms with Gasteiger partial charge in [-0.15, -0.1) is 0 Å². The van der Waals surface area contributed by atoms with E-state index < -0.39 is 6.03 Å². The maximum atomic E-state index is 12.2. The highest BCUT2D eigenvalue weighted by Gasteiger charge is 2.30. The van der Waals surface area contributed by atoms with Crippen molar-refractivity contribution in [3.63, 3.8) is 0 Å². The van der Waals surface area contributed by atoms with Crippen LogP contribution in [-0.4, -0.2) is 50.2 Å². The van der Waals surface area contributed by atoms with Crippen molar-refractivity contribution in [2.24, 2.45) is 0 Å². The second kappa shape index (κ2) is 8.35. The Morgan fingerprint density at radius 1 is 1.21 bits per heavy atom. The van der Waals surface area contributed by atoms with Gasteiger partial charge in [0.25, 0.3) is 5.91 Å². The van der Waals surface area contributed by atoms with Crippen LogP contribution in [0.4, 0.5) is 10.5 Å². The van der Waals surface area contributed by atoms with E-state index >= 15 is 0 Å². The number of imide groups is 1. The van der Waals surface area contributed by atoms with Crippen LogP contribution in [0, 0.1) is 0 Å². The van der Waals surface area contributed by atoms with Crippen LogP contribution >= 0.6 is 11.6 Å². The molecule has 1 atom stereocenters. The van der Waals surface area contributed by atoms with Crippen molar-refractivity contribution in [2.45, 2.75) is 32.9 Å². The minimum Gasteiger partial charge on any atom is -0.360 e. The third kappa shape index (κ3) is 5.11. The highest BCUT2D eigenvalue weighted by atomic mass is 35.5. The number of amides is 3. The average Bonchev–Trinajstić information content (AvgIpc) is 2.53. The molecule has 0 saturated carbocycles. The molecule has 0 spiro atoms. The van der Waals surface area contributed by atoms with E-state index in [2.05, 4.69) is 15.5 Å². The minimum absolute atomic E-state index is 0.00157. The van der Waals surface area contributed by atoms with Crippen molar-refractivity contribution in [1.29, 1.82) is 0 Å². The quantitative estimate of drug-likeness (QED) is 0.745. The van der Waals surface area contributed by atoms with Gasteiger partial charge in [-0.05, 0) is 39.0 Å². The number of nitrogens with one attached hydrogen (secondary N) is 3. The Kier molecular flexibility index (Phi) is 6.45. The lowest BCUT2D eigenvalue weighted by Crippen LogP contribution is -3.19. The van der Waals surface area contributed by atoms with Crippen LogP contribution in [0.15, 0.2) is 24.3 Å². The summed E-state index contributed by atoms with van der Waals surface area (Å²) in [5.74, 6) is -0.237. The molecule has 1 fully saturated rings. The Morgan fingerprint density at radius 2 is 1.88 bits per heavy atom. The zero-order valence-electron chi connectivity index (χ0n) is 14.4. The summed E-state index contributed by atoms with van der Waals surface area (Å²) in [5, 5.41) is 5.81. The monoisotopic (exact) mass is 353 g/mol. The predicted molar refractivity (Wildman–Crippen MR) is 95.6 cm³/mol. The minimum atomic E-state index is -0.432. The number of hydrogen-bond donors (Lipinski definition) is 3. The first-order valence-electron chi connectivity index (χ1n) is 8.33. The maximum absolute atomic E-state index is 12.2. The number of anilines is 1. The molecule has 1 heterocycles. The first kappa shape index (κ1) is 18.5. The number of halogens is 1. The molecule has 0 bridgehead atoms. The van der Waals surface area contributed by atoms with Gasteiger partial charge in [0.05, 0.1) is 26.2 Å². The molecule has 3 amide bonds. The lowest BCUT2D eigenvalue weighted by atomic mass is 10.2. The number of quaternary nitrogens is 1. The molecule has 7 heteroatoms. The van der Waals surface area contributed by atoms with E-state index in [1.807, 2.05) is 45.0 Å². The number of carbonyl (C=O) groups excluding carboxylic acids is 2. The topological polar surface area (TPSA) is 65.9 Å². The van der Waals surface area contributed by atoms with E-state index in [1.165, 1.54) is 4.90 Å². The van der Waals surface area contributed by atoms with E-state index in [0.717, 1.165) is 36.9 Å². The van der Waals surface area contributed by atoms with Gasteiger partial charge in [-0.25, -0.2) is 4.79 Å². The van der Waals surface area contributed by atoms with Gasteiger partial charge in [-0.3, -0.25) is 10.1 Å². The molecular weight excluding hydrogens is 328 g/mol. The fourth-order valence-corrected chi connectivity index (χ4v) is 3.05. The molecule has 1 aliphatic rings. The molecule has 24 heavy (non-hydrogen) atoms. The van der Waals surface area contributed by atoms with Gasteiger partial charge in [0.15, 0.2) is 6.04 Å². The fraction of sp³-hybridized carbons (Fsp3) is 0.529. The number of carbonyl (C=O) groups is 2. The molecular formula is C17H26ClN4O2+. The number of hydrogen-bond acceptors (Lipinski definition) is 3. The summed E-state index contributed by atoms with van der Waals surface area (Å²) in [6, 6.07) is 7.12. The van der Waals surface area contributed by atoms with Crippen LogP contribution in [0.25, 0.3) is 0 Å². The molecule has 3 N–H and O–H groups in total. The van der Waals surface area contributed by atoms with Gasteiger partial charge in [-0.2, -0.15) is 0 Å². The summed E-state index contributed by atoms with van der Waals surface area (Å²) in [5.41, 5.74) is 1.11. The lowest BCUT2D eigenvalue weighted by Gasteiger charge is -2.36. The predicted octanol–water partition coefficient (Wildman–Crippen LogP) is 0.668. The van der Waals surface area contributed by atoms with Crippen molar-refractivity contribution >= 4 is 29.2 Å². The summed E-state index contributed by atoms with van der Waals surface area (Å²) >= 11 is 6.05. The van der Waals surface area contributed by atoms with Crippen LogP contribution in [-0.2, 0) is 4.79 Å². The van der Waals surface area contributed by atoms with Crippen molar-refractivity contribution in [3.05, 3.63) is 29.3 Å². The summed E-state index contributed by atoms with van der Waals surface area (Å²) in [7, 11) is 0. The molecule has 0 radical (unpaired) electrons. The lowest BCUT2D eigenvalue weighted by molar-refractivity contribution is -0.914. The highest BCUT2D eigenvalue weighted by molar-refractivity contribution is 6.30. The normalized spacial score (nSPS) is 16.8. The zero-order valence-corrected chi connectivity index (χ0v) is 15.2. The molecule has 0 unspecified atom stereocenters. The third-order valence-electron chi connectivity index (χ3n) is 4.24. The SMILES string of the molecule is CC(C)NC(=O)NC(=O)[C@@H](C)[NH+]1CCN(c2cccc(Cl)c2)CC1. The number of urea groups is 1. The Bertz CT molecular complexity index is 586. The van der Waals surface area contributed by atoms with Crippen LogP contribution in [0.5, 0.6) is 0 Å². The summed E-state index contributed by atoms with van der Waals surface area (Å²) < 4.78 is 0. The largest absolute Gasteiger partial charge is 0.360 e. The third-order valence-corrected chi connectivity index (χ3v) is 4.48. The van der Waals surface area contributed by atoms with Crippen molar-refractivity contribution in [2.75, 3.05) is 31.1 Å². The smallest absolute Gasteiger partial charge is 0.321 e. The summed E-state index contributed by atoms with van der Waals surface area (Å²) in [4.78, 5) is 27.3. The van der Waals surface area contributed by atoms with Crippen LogP contribution in [0.2, 0.25) is 5.02 Å². The maximum Gasteiger partial charge on any atom is 0.321 e. The molecule has 1 aromatic rings. The summed E-state index contributed by atoms with van der Waals surface area (Å²) in [6.07, 6.45) is 0. The Morgan fingerprint density at radius 3 is 2.46 bits per heavy atom. The Labute approximate surface area is 148 Å². The molecule has 6 nitrogen and oxygen atoms in total. The second-order valence-electron chi connectivity index (χ2n) is 6.46. The van der Waals surface area contributed by atoms with Crippen LogP contribution < -0.4 is 20.4 Å². The first-order valence-corrected chi connectivity index (χ1v) is 8.71. The van der Waals surface area contributed by atoms with E-state index in [9.17, 15) is 9.59 Å². The molecule has 0 aromatic heterocycles. The zero-order chi connectivity index (χ0) is 17.7. The van der Waals surface area contributed by atoms with Gasteiger partial charge in [-0.1, -0.05) is 17.7 Å². The molecule has 132 valence electrons. The van der Waals surface area contributed by atoms with E-state index in [-0.39, 0.29) is 18.0 Å². The van der Waals surface area contributed by atoms with Crippen LogP contribution in [0.1, 0.15) is 20.8 Å². The molecule has 1 saturated heterocycles. The van der Waals surface area contributed by atoms with E-state index in [0.29, 0.717) is 0 Å². The van der Waals surface area contributed by atoms with Gasteiger partial charge >= 0.3 is 6.03 Å². The van der Waals surface area contributed by atoms with E-state index in [1.54, 1.807) is 0 Å². The first-order chi connectivity index (χ1) is 11.4. The molecule has 1 aromatic carbocycles. The molecule has 2 rings (SSSR count). The highest BCUT2D eigenvalue weighted by Crippen LogP contribution is 2.19. The van der Waals surface area contributed by atoms with Gasteiger partial charge in [0, 0.05) is 16.8 Å². The van der Waals surface area contributed by atoms with Gasteiger partial charge in [0.1, 0.15) is 0 Å². The van der Waals surface area contributed by atoms with Crippen LogP contribution in [0.3, 0.4) is 0 Å². The number of nitrogens with zero attached hydrogens (tertiary/aromatic N) is 1. The summed E-state index contributed by atoms with van der Waals surface area (Å²) in [6.45, 7) is 8.96. The standard InChI is InChI=1S/C17H25ClN4O2/c1-12(2)19-17(24)20-16(23)13(3)21-7-9-22(10-8-21)15-6-4-5-14(18)11-15/h4-6,11-13H,7-10H2,1-3H3,(H2,19,20,23,24)/p+1/t13-/m1/s1. The fourth-order valence-electron chi connectivity index (χ4n) is 2.86. The Balaban J connectivity index is 1.85. The van der Waals surface area contributed by atoms with Gasteiger partial charge < -0.3 is 15.1 Å². The second-order valence-corrected chi connectivity index (χ2v) is 6.90. The number of piperazine rings is 1. The van der Waals surface area contributed by atoms with Gasteiger partial charge in [0.2, 0.25) is 0 Å². The average molecular weight is 354 g/mol. The Hall–Kier alpha value is -1.79. The van der Waals surface area contributed by atoms with Crippen molar-refractivity contribution in [1.82, 2.24) is 10.6 Å². The van der Waals surface area contributed by atoms with Crippen molar-refractivity contribution in [3.8, 4) is 0 Å². The van der Waals surface area contributed by atoms with Crippen molar-refractivity contribution < 1.29 is 14.5 Å². The van der Waals surface area contributed by atoms with E-state index in [4.69, 9.17) is 11.6 Å². The number of benzene rings is 1. The molecule has 0 aliphatic carbocycles. The number of rotatable bonds is 4.